The molecule has 1 aromatic rings. The van der Waals surface area contributed by atoms with Crippen molar-refractivity contribution in [2.45, 2.75) is 33.2 Å². The number of nitrogens with zero attached hydrogens (tertiary/aromatic N) is 2. The van der Waals surface area contributed by atoms with Gasteiger partial charge in [0.1, 0.15) is 0 Å². The van der Waals surface area contributed by atoms with E-state index in [0.717, 1.165) is 18.7 Å². The van der Waals surface area contributed by atoms with Crippen molar-refractivity contribution >= 4 is 17.5 Å². The molecule has 5 nitrogen and oxygen atoms in total. The van der Waals surface area contributed by atoms with Crippen LogP contribution in [-0.4, -0.2) is 48.9 Å². The summed E-state index contributed by atoms with van der Waals surface area (Å²) in [5.41, 5.74) is 2.23. The van der Waals surface area contributed by atoms with Gasteiger partial charge in [0.05, 0.1) is 12.6 Å². The number of carbonyl (C=O) groups excluding carboxylic acids is 2. The molecule has 0 saturated carbocycles. The first kappa shape index (κ1) is 16.5. The maximum Gasteiger partial charge on any atom is 0.244 e. The molecule has 1 heterocycles. The van der Waals surface area contributed by atoms with Crippen LogP contribution >= 0.6 is 0 Å². The van der Waals surface area contributed by atoms with Gasteiger partial charge in [0, 0.05) is 18.8 Å². The highest BCUT2D eigenvalue weighted by atomic mass is 16.2. The van der Waals surface area contributed by atoms with E-state index in [1.807, 2.05) is 48.8 Å². The minimum atomic E-state index is -0.307. The lowest BCUT2D eigenvalue weighted by molar-refractivity contribution is -0.126. The molecule has 22 heavy (non-hydrogen) atoms. The second kappa shape index (κ2) is 7.40. The second-order valence-electron chi connectivity index (χ2n) is 5.56. The van der Waals surface area contributed by atoms with E-state index in [4.69, 9.17) is 0 Å². The quantitative estimate of drug-likeness (QED) is 0.865. The molecule has 1 aliphatic heterocycles. The van der Waals surface area contributed by atoms with Gasteiger partial charge in [-0.25, -0.2) is 0 Å². The number of anilines is 1. The van der Waals surface area contributed by atoms with Gasteiger partial charge in [-0.15, -0.1) is 0 Å². The summed E-state index contributed by atoms with van der Waals surface area (Å²) >= 11 is 0. The van der Waals surface area contributed by atoms with Gasteiger partial charge in [-0.3, -0.25) is 14.5 Å². The monoisotopic (exact) mass is 303 g/mol. The zero-order valence-electron chi connectivity index (χ0n) is 13.6. The number of benzene rings is 1. The van der Waals surface area contributed by atoms with Crippen LogP contribution in [0.1, 0.15) is 26.3 Å². The number of hydrogen-bond acceptors (Lipinski definition) is 3. The molecule has 0 radical (unpaired) electrons. The molecule has 1 aromatic carbocycles. The Labute approximate surface area is 132 Å². The van der Waals surface area contributed by atoms with Gasteiger partial charge in [-0.2, -0.15) is 0 Å². The average molecular weight is 303 g/mol. The Hall–Kier alpha value is -1.88. The van der Waals surface area contributed by atoms with Crippen molar-refractivity contribution in [1.82, 2.24) is 10.2 Å². The molecule has 5 heteroatoms. The number of nitrogens with one attached hydrogen (secondary N) is 1. The molecule has 1 N–H and O–H groups in total. The normalized spacial score (nSPS) is 14.8. The fraction of sp³-hybridized carbons (Fsp3) is 0.529. The Kier molecular flexibility index (Phi) is 5.55. The Morgan fingerprint density at radius 3 is 2.73 bits per heavy atom. The van der Waals surface area contributed by atoms with Gasteiger partial charge in [0.15, 0.2) is 0 Å². The SMILES string of the molecule is CCNC(=O)CN(CC)[C@H](C)C(=O)N1CCc2ccccc21. The molecule has 0 aliphatic carbocycles. The van der Waals surface area contributed by atoms with Crippen molar-refractivity contribution in [3.63, 3.8) is 0 Å². The molecular formula is C17H25N3O2. The Bertz CT molecular complexity index is 544. The number of amides is 2. The van der Waals surface area contributed by atoms with E-state index in [1.165, 1.54) is 5.56 Å². The summed E-state index contributed by atoms with van der Waals surface area (Å²) in [6.45, 7) is 8.00. The summed E-state index contributed by atoms with van der Waals surface area (Å²) < 4.78 is 0. The van der Waals surface area contributed by atoms with Crippen molar-refractivity contribution in [2.75, 3.05) is 31.1 Å². The van der Waals surface area contributed by atoms with Gasteiger partial charge in [-0.1, -0.05) is 25.1 Å². The molecule has 120 valence electrons. The summed E-state index contributed by atoms with van der Waals surface area (Å²) in [6.07, 6.45) is 0.900. The van der Waals surface area contributed by atoms with E-state index < -0.39 is 0 Å². The molecule has 0 unspecified atom stereocenters. The fourth-order valence-corrected chi connectivity index (χ4v) is 2.91. The predicted octanol–water partition coefficient (Wildman–Crippen LogP) is 1.42. The van der Waals surface area contributed by atoms with Crippen LogP contribution in [0.25, 0.3) is 0 Å². The van der Waals surface area contributed by atoms with Crippen molar-refractivity contribution < 1.29 is 9.59 Å². The third-order valence-electron chi connectivity index (χ3n) is 4.19. The van der Waals surface area contributed by atoms with Gasteiger partial charge in [0.2, 0.25) is 11.8 Å². The molecule has 1 atom stereocenters. The maximum absolute atomic E-state index is 12.8. The van der Waals surface area contributed by atoms with Crippen LogP contribution in [0, 0.1) is 0 Å². The van der Waals surface area contributed by atoms with Crippen LogP contribution in [0.5, 0.6) is 0 Å². The van der Waals surface area contributed by atoms with E-state index in [-0.39, 0.29) is 24.4 Å². The molecule has 0 spiro atoms. The molecule has 0 bridgehead atoms. The summed E-state index contributed by atoms with van der Waals surface area (Å²) in [5.74, 6) is 0.0296. The maximum atomic E-state index is 12.8. The average Bonchev–Trinajstić information content (AvgIpc) is 2.95. The van der Waals surface area contributed by atoms with Crippen LogP contribution < -0.4 is 10.2 Å². The Morgan fingerprint density at radius 1 is 1.32 bits per heavy atom. The molecular weight excluding hydrogens is 278 g/mol. The van der Waals surface area contributed by atoms with Gasteiger partial charge < -0.3 is 10.2 Å². The van der Waals surface area contributed by atoms with Crippen molar-refractivity contribution in [1.29, 1.82) is 0 Å². The van der Waals surface area contributed by atoms with E-state index in [1.54, 1.807) is 0 Å². The molecule has 0 aromatic heterocycles. The van der Waals surface area contributed by atoms with Crippen molar-refractivity contribution in [3.8, 4) is 0 Å². The standard InChI is InChI=1S/C17H25N3O2/c1-4-18-16(21)12-19(5-2)13(3)17(22)20-11-10-14-8-6-7-9-15(14)20/h6-9,13H,4-5,10-12H2,1-3H3,(H,18,21)/t13-/m1/s1. The van der Waals surface area contributed by atoms with Crippen molar-refractivity contribution in [2.24, 2.45) is 0 Å². The zero-order valence-corrected chi connectivity index (χ0v) is 13.6. The number of carbonyl (C=O) groups is 2. The first-order valence-corrected chi connectivity index (χ1v) is 7.98. The molecule has 2 amide bonds. The van der Waals surface area contributed by atoms with Gasteiger partial charge in [0.25, 0.3) is 0 Å². The lowest BCUT2D eigenvalue weighted by atomic mass is 10.2. The largest absolute Gasteiger partial charge is 0.355 e. The van der Waals surface area contributed by atoms with Crippen LogP contribution in [0.2, 0.25) is 0 Å². The molecule has 0 saturated heterocycles. The number of likely N-dealkylation sites (N-methyl/N-ethyl adjacent to an activating group) is 2. The van der Waals surface area contributed by atoms with Gasteiger partial charge >= 0.3 is 0 Å². The number of rotatable bonds is 6. The van der Waals surface area contributed by atoms with Crippen molar-refractivity contribution in [3.05, 3.63) is 29.8 Å². The summed E-state index contributed by atoms with van der Waals surface area (Å²) in [6, 6.07) is 7.72. The Morgan fingerprint density at radius 2 is 2.05 bits per heavy atom. The number of para-hydroxylation sites is 1. The Balaban J connectivity index is 2.06. The number of hydrogen-bond donors (Lipinski definition) is 1. The minimum Gasteiger partial charge on any atom is -0.355 e. The van der Waals surface area contributed by atoms with Crippen LogP contribution in [0.15, 0.2) is 24.3 Å². The third-order valence-corrected chi connectivity index (χ3v) is 4.19. The summed E-state index contributed by atoms with van der Waals surface area (Å²) in [4.78, 5) is 28.3. The predicted molar refractivity (Wildman–Crippen MR) is 87.9 cm³/mol. The minimum absolute atomic E-state index is 0.0363. The smallest absolute Gasteiger partial charge is 0.244 e. The van der Waals surface area contributed by atoms with Crippen LogP contribution in [0.4, 0.5) is 5.69 Å². The fourth-order valence-electron chi connectivity index (χ4n) is 2.91. The zero-order chi connectivity index (χ0) is 16.1. The lowest BCUT2D eigenvalue weighted by Crippen LogP contribution is -2.50. The highest BCUT2D eigenvalue weighted by Crippen LogP contribution is 2.28. The van der Waals surface area contributed by atoms with Crippen LogP contribution in [0.3, 0.4) is 0 Å². The number of fused-ring (bicyclic) bond motifs is 1. The van der Waals surface area contributed by atoms with E-state index in [2.05, 4.69) is 11.4 Å². The summed E-state index contributed by atoms with van der Waals surface area (Å²) in [5, 5.41) is 2.78. The summed E-state index contributed by atoms with van der Waals surface area (Å²) in [7, 11) is 0. The van der Waals surface area contributed by atoms with E-state index in [9.17, 15) is 9.59 Å². The van der Waals surface area contributed by atoms with E-state index in [0.29, 0.717) is 13.1 Å². The second-order valence-corrected chi connectivity index (χ2v) is 5.56. The molecule has 0 fully saturated rings. The van der Waals surface area contributed by atoms with Crippen LogP contribution in [-0.2, 0) is 16.0 Å². The highest BCUT2D eigenvalue weighted by molar-refractivity contribution is 5.99. The van der Waals surface area contributed by atoms with Gasteiger partial charge in [-0.05, 0) is 38.4 Å². The first-order chi connectivity index (χ1) is 10.6. The molecule has 2 rings (SSSR count). The molecule has 1 aliphatic rings. The van der Waals surface area contributed by atoms with E-state index >= 15 is 0 Å². The topological polar surface area (TPSA) is 52.7 Å². The lowest BCUT2D eigenvalue weighted by Gasteiger charge is -2.30. The third kappa shape index (κ3) is 3.47. The first-order valence-electron chi connectivity index (χ1n) is 7.98. The highest BCUT2D eigenvalue weighted by Gasteiger charge is 2.30.